The average Bonchev–Trinajstić information content (AvgIpc) is 3.87. The first-order chi connectivity index (χ1) is 26.3. The van der Waals surface area contributed by atoms with Crippen LogP contribution in [0.4, 0.5) is 34.1 Å². The fourth-order valence-corrected chi connectivity index (χ4v) is 10.9. The summed E-state index contributed by atoms with van der Waals surface area (Å²) in [4.78, 5) is 2.54. The van der Waals surface area contributed by atoms with Crippen molar-refractivity contribution >= 4 is 104 Å². The van der Waals surface area contributed by atoms with E-state index in [4.69, 9.17) is 0 Å². The monoisotopic (exact) mass is 694 g/mol. The topological polar surface area (TPSA) is 14.2 Å². The van der Waals surface area contributed by atoms with Crippen molar-refractivity contribution in [3.63, 3.8) is 0 Å². The molecule has 3 aliphatic heterocycles. The number of para-hydroxylation sites is 5. The van der Waals surface area contributed by atoms with Gasteiger partial charge in [0.05, 0.1) is 11.2 Å². The van der Waals surface area contributed by atoms with Crippen LogP contribution in [0.15, 0.2) is 170 Å². The van der Waals surface area contributed by atoms with E-state index in [2.05, 4.69) is 189 Å². The van der Waals surface area contributed by atoms with Gasteiger partial charge < -0.3 is 9.47 Å². The highest BCUT2D eigenvalue weighted by atomic mass is 32.1. The maximum atomic E-state index is 2.54. The number of aromatic nitrogens is 1. The molecule has 2 aromatic heterocycles. The smallest absolute Gasteiger partial charge is 0.235 e. The van der Waals surface area contributed by atoms with Gasteiger partial charge in [0.1, 0.15) is 23.3 Å². The fraction of sp³-hybridized carbons (Fsp3) is 0.0417. The van der Waals surface area contributed by atoms with Gasteiger partial charge in [-0.1, -0.05) is 91.0 Å². The first-order valence-corrected chi connectivity index (χ1v) is 19.2. The average molecular weight is 695 g/mol. The number of fused-ring (bicyclic) bond motifs is 13. The lowest BCUT2D eigenvalue weighted by Crippen LogP contribution is -2.43. The predicted octanol–water partition coefficient (Wildman–Crippen LogP) is 11.9. The largest absolute Gasteiger partial charge is 0.318 e. The van der Waals surface area contributed by atoms with Crippen LogP contribution in [-0.2, 0) is 0 Å². The Hall–Kier alpha value is -6.56. The lowest BCUT2D eigenvalue weighted by Gasteiger charge is -2.32. The third-order valence-corrected chi connectivity index (χ3v) is 13.1. The summed E-state index contributed by atoms with van der Waals surface area (Å²) in [5.41, 5.74) is 15.1. The van der Waals surface area contributed by atoms with Gasteiger partial charge in [-0.15, -0.1) is 11.3 Å². The molecule has 53 heavy (non-hydrogen) atoms. The molecule has 2 aliphatic carbocycles. The molecule has 2 atom stereocenters. The summed E-state index contributed by atoms with van der Waals surface area (Å²) in [6.07, 6.45) is 15.9. The molecule has 13 rings (SSSR count). The van der Waals surface area contributed by atoms with Crippen molar-refractivity contribution in [1.29, 1.82) is 0 Å². The number of allylic oxidation sites excluding steroid dienone is 6. The summed E-state index contributed by atoms with van der Waals surface area (Å²) in [5, 5.41) is 5.19. The maximum Gasteiger partial charge on any atom is 0.235 e. The van der Waals surface area contributed by atoms with Crippen molar-refractivity contribution in [2.45, 2.75) is 12.1 Å². The number of anilines is 2. The zero-order valence-electron chi connectivity index (χ0n) is 28.5. The summed E-state index contributed by atoms with van der Waals surface area (Å²) in [7, 11) is 0. The molecule has 0 N–H and O–H groups in total. The first-order valence-electron chi connectivity index (χ1n) is 18.3. The third-order valence-electron chi connectivity index (χ3n) is 11.9. The van der Waals surface area contributed by atoms with Crippen molar-refractivity contribution < 1.29 is 0 Å². The van der Waals surface area contributed by atoms with Crippen LogP contribution < -0.4 is 14.1 Å². The van der Waals surface area contributed by atoms with Crippen LogP contribution in [0, 0.1) is 0 Å². The molecule has 5 heteroatoms. The number of hydrogen-bond donors (Lipinski definition) is 0. The quantitative estimate of drug-likeness (QED) is 0.164. The second-order valence-corrected chi connectivity index (χ2v) is 15.6. The van der Waals surface area contributed by atoms with Crippen LogP contribution in [0.1, 0.15) is 11.6 Å². The number of nitrogens with zero attached hydrogens (tertiary/aromatic N) is 4. The molecule has 0 fully saturated rings. The summed E-state index contributed by atoms with van der Waals surface area (Å²) in [6.45, 7) is 0. The Morgan fingerprint density at radius 2 is 1.25 bits per heavy atom. The Balaban J connectivity index is 1.03. The third kappa shape index (κ3) is 3.55. The lowest BCUT2D eigenvalue weighted by atomic mass is 9.92. The number of hydrogen-bond acceptors (Lipinski definition) is 2. The van der Waals surface area contributed by atoms with Gasteiger partial charge in [0, 0.05) is 85.1 Å². The fourth-order valence-electron chi connectivity index (χ4n) is 9.82. The zero-order valence-corrected chi connectivity index (χ0v) is 29.3. The zero-order chi connectivity index (χ0) is 34.4. The number of benzene rings is 6. The molecule has 0 spiro atoms. The molecular formula is C48H30N4S+2. The second kappa shape index (κ2) is 10.1. The lowest BCUT2D eigenvalue weighted by molar-refractivity contribution is 0.781. The normalized spacial score (nSPS) is 19.0. The van der Waals surface area contributed by atoms with Crippen LogP contribution in [0.5, 0.6) is 0 Å². The summed E-state index contributed by atoms with van der Waals surface area (Å²) >= 11 is 1.88. The summed E-state index contributed by atoms with van der Waals surface area (Å²) < 4.78 is 10.1. The van der Waals surface area contributed by atoms with Crippen molar-refractivity contribution in [3.05, 3.63) is 175 Å². The SMILES string of the molecule is C1=CC2=[N+](c3ccc4sc5ccc([N+]6=C7C=CC=CC7n7c8ccccc8c8cccc6c87)cc5c4c3)c3ccccc3N3c4ccccc4C(=C1)C23. The molecule has 246 valence electrons. The van der Waals surface area contributed by atoms with Gasteiger partial charge in [-0.3, -0.25) is 0 Å². The van der Waals surface area contributed by atoms with Gasteiger partial charge in [-0.2, -0.15) is 9.15 Å². The highest BCUT2D eigenvalue weighted by molar-refractivity contribution is 7.25. The molecular weight excluding hydrogens is 665 g/mol. The second-order valence-electron chi connectivity index (χ2n) is 14.5. The number of thiophene rings is 1. The van der Waals surface area contributed by atoms with Crippen molar-refractivity contribution in [3.8, 4) is 0 Å². The highest BCUT2D eigenvalue weighted by Crippen LogP contribution is 2.52. The van der Waals surface area contributed by atoms with E-state index in [9.17, 15) is 0 Å². The highest BCUT2D eigenvalue weighted by Gasteiger charge is 2.48. The van der Waals surface area contributed by atoms with Crippen LogP contribution in [0.3, 0.4) is 0 Å². The molecule has 0 bridgehead atoms. The van der Waals surface area contributed by atoms with Gasteiger partial charge in [-0.05, 0) is 35.9 Å². The van der Waals surface area contributed by atoms with Crippen LogP contribution >= 0.6 is 11.3 Å². The van der Waals surface area contributed by atoms with E-state index in [1.165, 1.54) is 98.7 Å². The van der Waals surface area contributed by atoms with Gasteiger partial charge in [0.2, 0.25) is 34.2 Å². The minimum absolute atomic E-state index is 0.110. The predicted molar refractivity (Wildman–Crippen MR) is 225 cm³/mol. The van der Waals surface area contributed by atoms with Gasteiger partial charge in [0.15, 0.2) is 0 Å². The summed E-state index contributed by atoms with van der Waals surface area (Å²) in [6, 6.07) is 47.8. The standard InChI is InChI=1S/C48H30N4S/c1-3-15-37-31(11-1)33-13-9-21-43-47(33)51(37)41-19-7-5-17-39(41)49(43)29-23-25-45-35(27-29)36-28-30(24-26-46(36)53-45)50-40-18-6-8-20-42(40)52-38-16-4-2-12-32(38)34-14-10-22-44(50)48(34)52/h1-28,41,48H/q+2. The van der Waals surface area contributed by atoms with Gasteiger partial charge in [-0.25, -0.2) is 0 Å². The molecule has 0 saturated heterocycles. The minimum atomic E-state index is 0.110. The van der Waals surface area contributed by atoms with E-state index in [1.807, 2.05) is 11.3 Å². The molecule has 2 unspecified atom stereocenters. The number of rotatable bonds is 2. The van der Waals surface area contributed by atoms with Crippen LogP contribution in [0.25, 0.3) is 47.6 Å². The first kappa shape index (κ1) is 28.1. The van der Waals surface area contributed by atoms with E-state index in [1.54, 1.807) is 0 Å². The van der Waals surface area contributed by atoms with Crippen molar-refractivity contribution in [2.75, 3.05) is 4.90 Å². The van der Waals surface area contributed by atoms with E-state index in [0.29, 0.717) is 0 Å². The molecule has 6 aromatic carbocycles. The van der Waals surface area contributed by atoms with E-state index in [0.717, 1.165) is 0 Å². The molecule has 0 amide bonds. The molecule has 4 nitrogen and oxygen atoms in total. The molecule has 8 aromatic rings. The Kier molecular flexibility index (Phi) is 5.33. The molecule has 0 radical (unpaired) electrons. The minimum Gasteiger partial charge on any atom is -0.318 e. The van der Waals surface area contributed by atoms with E-state index < -0.39 is 0 Å². The Labute approximate surface area is 309 Å². The van der Waals surface area contributed by atoms with Crippen LogP contribution in [0.2, 0.25) is 0 Å². The van der Waals surface area contributed by atoms with E-state index in [-0.39, 0.29) is 12.1 Å². The maximum absolute atomic E-state index is 2.54. The molecule has 0 saturated carbocycles. The van der Waals surface area contributed by atoms with Crippen LogP contribution in [-0.4, -0.2) is 22.0 Å². The van der Waals surface area contributed by atoms with Crippen molar-refractivity contribution in [1.82, 2.24) is 13.7 Å². The molecule has 5 heterocycles. The summed E-state index contributed by atoms with van der Waals surface area (Å²) in [5.74, 6) is 0. The van der Waals surface area contributed by atoms with Gasteiger partial charge >= 0.3 is 0 Å². The Morgan fingerprint density at radius 1 is 0.547 bits per heavy atom. The Morgan fingerprint density at radius 3 is 2.11 bits per heavy atom. The van der Waals surface area contributed by atoms with Crippen molar-refractivity contribution in [2.24, 2.45) is 0 Å². The molecule has 5 aliphatic rings. The van der Waals surface area contributed by atoms with E-state index >= 15 is 0 Å². The van der Waals surface area contributed by atoms with Gasteiger partial charge in [0.25, 0.3) is 0 Å². The Bertz CT molecular complexity index is 3200.